The first-order chi connectivity index (χ1) is 14.4. The number of benzene rings is 1. The summed E-state index contributed by atoms with van der Waals surface area (Å²) < 4.78 is 7.13. The summed E-state index contributed by atoms with van der Waals surface area (Å²) in [6, 6.07) is 7.78. The number of likely N-dealkylation sites (N-methyl/N-ethyl adjacent to an activating group) is 2. The molecule has 164 valence electrons. The van der Waals surface area contributed by atoms with Gasteiger partial charge in [-0.2, -0.15) is 0 Å². The van der Waals surface area contributed by atoms with E-state index in [9.17, 15) is 4.79 Å². The third kappa shape index (κ3) is 6.20. The van der Waals surface area contributed by atoms with Gasteiger partial charge in [-0.25, -0.2) is 4.99 Å². The SMILES string of the molecule is CCN(CC)C(=O)CN(C)C(=NCc1ccc(OC)cc1)NCc1nnc(C)n1C. The number of aryl methyl sites for hydroxylation is 1. The van der Waals surface area contributed by atoms with Crippen molar-refractivity contribution in [2.75, 3.05) is 33.8 Å². The fourth-order valence-corrected chi connectivity index (χ4v) is 2.93. The van der Waals surface area contributed by atoms with E-state index in [0.717, 1.165) is 23.0 Å². The number of hydrogen-bond donors (Lipinski definition) is 1. The molecule has 0 atom stereocenters. The van der Waals surface area contributed by atoms with Crippen LogP contribution in [0.4, 0.5) is 0 Å². The third-order valence-electron chi connectivity index (χ3n) is 5.01. The minimum atomic E-state index is 0.0657. The second-order valence-corrected chi connectivity index (χ2v) is 6.99. The van der Waals surface area contributed by atoms with E-state index >= 15 is 0 Å². The Morgan fingerprint density at radius 2 is 1.87 bits per heavy atom. The number of hydrogen-bond acceptors (Lipinski definition) is 5. The maximum atomic E-state index is 12.6. The van der Waals surface area contributed by atoms with Gasteiger partial charge in [-0.3, -0.25) is 4.79 Å². The molecule has 2 rings (SSSR count). The second kappa shape index (κ2) is 11.2. The lowest BCUT2D eigenvalue weighted by Crippen LogP contribution is -2.45. The van der Waals surface area contributed by atoms with Crippen LogP contribution in [0.3, 0.4) is 0 Å². The Morgan fingerprint density at radius 1 is 1.20 bits per heavy atom. The van der Waals surface area contributed by atoms with Crippen molar-refractivity contribution in [3.8, 4) is 5.75 Å². The van der Waals surface area contributed by atoms with Gasteiger partial charge in [-0.15, -0.1) is 10.2 Å². The van der Waals surface area contributed by atoms with Crippen LogP contribution in [0.1, 0.15) is 31.1 Å². The van der Waals surface area contributed by atoms with E-state index in [1.165, 1.54) is 0 Å². The van der Waals surface area contributed by atoms with Crippen molar-refractivity contribution in [2.24, 2.45) is 12.0 Å². The predicted octanol–water partition coefficient (Wildman–Crippen LogP) is 1.58. The molecule has 0 aliphatic rings. The summed E-state index contributed by atoms with van der Waals surface area (Å²) in [4.78, 5) is 20.9. The number of nitrogens with zero attached hydrogens (tertiary/aromatic N) is 6. The van der Waals surface area contributed by atoms with Gasteiger partial charge in [0.05, 0.1) is 26.7 Å². The summed E-state index contributed by atoms with van der Waals surface area (Å²) in [5, 5.41) is 11.6. The topological polar surface area (TPSA) is 87.9 Å². The predicted molar refractivity (Wildman–Crippen MR) is 117 cm³/mol. The Hall–Kier alpha value is -3.10. The lowest BCUT2D eigenvalue weighted by atomic mass is 10.2. The third-order valence-corrected chi connectivity index (χ3v) is 5.01. The van der Waals surface area contributed by atoms with E-state index < -0.39 is 0 Å². The fraction of sp³-hybridized carbons (Fsp3) is 0.524. The average Bonchev–Trinajstić information content (AvgIpc) is 3.07. The maximum Gasteiger partial charge on any atom is 0.242 e. The monoisotopic (exact) mass is 415 g/mol. The molecule has 0 bridgehead atoms. The molecule has 1 heterocycles. The smallest absolute Gasteiger partial charge is 0.242 e. The number of nitrogens with one attached hydrogen (secondary N) is 1. The van der Waals surface area contributed by atoms with Crippen molar-refractivity contribution >= 4 is 11.9 Å². The summed E-state index contributed by atoms with van der Waals surface area (Å²) in [6.07, 6.45) is 0. The molecule has 0 aliphatic heterocycles. The maximum absolute atomic E-state index is 12.6. The van der Waals surface area contributed by atoms with Crippen LogP contribution in [0.2, 0.25) is 0 Å². The van der Waals surface area contributed by atoms with Gasteiger partial charge in [0, 0.05) is 27.2 Å². The van der Waals surface area contributed by atoms with Gasteiger partial charge in [-0.1, -0.05) is 12.1 Å². The number of carbonyl (C=O) groups excluding carboxylic acids is 1. The highest BCUT2D eigenvalue weighted by Gasteiger charge is 2.16. The minimum Gasteiger partial charge on any atom is -0.497 e. The lowest BCUT2D eigenvalue weighted by molar-refractivity contribution is -0.131. The van der Waals surface area contributed by atoms with Crippen molar-refractivity contribution in [3.05, 3.63) is 41.5 Å². The van der Waals surface area contributed by atoms with Crippen LogP contribution in [0, 0.1) is 6.92 Å². The largest absolute Gasteiger partial charge is 0.497 e. The quantitative estimate of drug-likeness (QED) is 0.494. The summed E-state index contributed by atoms with van der Waals surface area (Å²) in [5.41, 5.74) is 1.05. The van der Waals surface area contributed by atoms with Crippen molar-refractivity contribution in [1.82, 2.24) is 29.9 Å². The minimum absolute atomic E-state index is 0.0657. The Labute approximate surface area is 178 Å². The number of rotatable bonds is 9. The first kappa shape index (κ1) is 23.2. The molecule has 9 heteroatoms. The van der Waals surface area contributed by atoms with Gasteiger partial charge in [0.2, 0.25) is 5.91 Å². The van der Waals surface area contributed by atoms with Crippen molar-refractivity contribution < 1.29 is 9.53 Å². The van der Waals surface area contributed by atoms with E-state index in [4.69, 9.17) is 9.73 Å². The molecule has 0 aliphatic carbocycles. The lowest BCUT2D eigenvalue weighted by Gasteiger charge is -2.26. The van der Waals surface area contributed by atoms with Crippen molar-refractivity contribution in [3.63, 3.8) is 0 Å². The van der Waals surface area contributed by atoms with Crippen molar-refractivity contribution in [1.29, 1.82) is 0 Å². The number of ether oxygens (including phenoxy) is 1. The number of guanidine groups is 1. The van der Waals surface area contributed by atoms with Gasteiger partial charge in [-0.05, 0) is 38.5 Å². The summed E-state index contributed by atoms with van der Waals surface area (Å²) >= 11 is 0. The molecule has 1 aromatic heterocycles. The highest BCUT2D eigenvalue weighted by atomic mass is 16.5. The van der Waals surface area contributed by atoms with Crippen LogP contribution < -0.4 is 10.1 Å². The van der Waals surface area contributed by atoms with Crippen LogP contribution in [0.5, 0.6) is 5.75 Å². The molecule has 1 amide bonds. The molecule has 9 nitrogen and oxygen atoms in total. The zero-order valence-electron chi connectivity index (χ0n) is 18.8. The van der Waals surface area contributed by atoms with Crippen LogP contribution in [-0.4, -0.2) is 70.2 Å². The van der Waals surface area contributed by atoms with Gasteiger partial charge in [0.25, 0.3) is 0 Å². The average molecular weight is 416 g/mol. The zero-order chi connectivity index (χ0) is 22.1. The molecule has 2 aromatic rings. The van der Waals surface area contributed by atoms with Gasteiger partial charge >= 0.3 is 0 Å². The molecule has 0 radical (unpaired) electrons. The van der Waals surface area contributed by atoms with E-state index in [1.54, 1.807) is 7.11 Å². The van der Waals surface area contributed by atoms with Crippen LogP contribution in [-0.2, 0) is 24.9 Å². The molecular weight excluding hydrogens is 382 g/mol. The second-order valence-electron chi connectivity index (χ2n) is 6.99. The molecule has 1 N–H and O–H groups in total. The van der Waals surface area contributed by atoms with Gasteiger partial charge in [0.1, 0.15) is 11.6 Å². The normalized spacial score (nSPS) is 11.3. The molecule has 0 saturated heterocycles. The molecule has 30 heavy (non-hydrogen) atoms. The van der Waals surface area contributed by atoms with Crippen molar-refractivity contribution in [2.45, 2.75) is 33.9 Å². The van der Waals surface area contributed by atoms with E-state index in [2.05, 4.69) is 15.5 Å². The summed E-state index contributed by atoms with van der Waals surface area (Å²) in [7, 11) is 5.43. The van der Waals surface area contributed by atoms with E-state index in [1.807, 2.05) is 73.5 Å². The van der Waals surface area contributed by atoms with Gasteiger partial charge < -0.3 is 24.4 Å². The van der Waals surface area contributed by atoms with Crippen LogP contribution in [0.25, 0.3) is 0 Å². The highest BCUT2D eigenvalue weighted by molar-refractivity contribution is 5.86. The summed E-state index contributed by atoms with van der Waals surface area (Å²) in [6.45, 7) is 8.43. The number of aliphatic imine (C=N–C) groups is 1. The molecule has 0 saturated carbocycles. The fourth-order valence-electron chi connectivity index (χ4n) is 2.93. The van der Waals surface area contributed by atoms with E-state index in [0.29, 0.717) is 32.1 Å². The van der Waals surface area contributed by atoms with E-state index in [-0.39, 0.29) is 12.5 Å². The molecule has 1 aromatic carbocycles. The Balaban J connectivity index is 2.14. The van der Waals surface area contributed by atoms with Crippen LogP contribution in [0.15, 0.2) is 29.3 Å². The molecule has 0 spiro atoms. The Bertz CT molecular complexity index is 842. The molecular formula is C21H33N7O2. The number of aromatic nitrogens is 3. The zero-order valence-corrected chi connectivity index (χ0v) is 18.8. The number of methoxy groups -OCH3 is 1. The highest BCUT2D eigenvalue weighted by Crippen LogP contribution is 2.12. The number of carbonyl (C=O) groups is 1. The molecule has 0 fully saturated rings. The molecule has 0 unspecified atom stereocenters. The Morgan fingerprint density at radius 3 is 2.40 bits per heavy atom. The standard InChI is InChI=1S/C21H33N7O2/c1-7-28(8-2)20(29)15-26(4)21(23-14-19-25-24-16(3)27(19)5)22-13-17-9-11-18(30-6)12-10-17/h9-12H,7-8,13-15H2,1-6H3,(H,22,23). The first-order valence-corrected chi connectivity index (χ1v) is 10.1. The Kier molecular flexibility index (Phi) is 8.64. The first-order valence-electron chi connectivity index (χ1n) is 10.1. The summed E-state index contributed by atoms with van der Waals surface area (Å²) in [5.74, 6) is 3.14. The van der Waals surface area contributed by atoms with Gasteiger partial charge in [0.15, 0.2) is 11.8 Å². The number of amides is 1. The van der Waals surface area contributed by atoms with Crippen LogP contribution >= 0.6 is 0 Å².